The average molecular weight is 174 g/mol. The molecule has 1 rings (SSSR count). The number of aromatic nitrogens is 1. The van der Waals surface area contributed by atoms with Crippen molar-refractivity contribution in [2.24, 2.45) is 0 Å². The molecular formula is C11H14N2. The number of hydrogen-bond acceptors (Lipinski definition) is 2. The van der Waals surface area contributed by atoms with Gasteiger partial charge in [-0.3, -0.25) is 0 Å². The molecule has 0 saturated heterocycles. The molecule has 0 radical (unpaired) electrons. The summed E-state index contributed by atoms with van der Waals surface area (Å²) in [5, 5.41) is 3.22. The van der Waals surface area contributed by atoms with Crippen molar-refractivity contribution in [3.8, 4) is 12.3 Å². The molecule has 0 spiro atoms. The highest BCUT2D eigenvalue weighted by Gasteiger charge is 1.89. The van der Waals surface area contributed by atoms with Crippen LogP contribution in [-0.2, 0) is 0 Å². The Balaban J connectivity index is 2.11. The van der Waals surface area contributed by atoms with Crippen LogP contribution < -0.4 is 5.32 Å². The lowest BCUT2D eigenvalue weighted by Gasteiger charge is -2.02. The second-order valence-corrected chi connectivity index (χ2v) is 2.80. The first-order valence-electron chi connectivity index (χ1n) is 4.52. The van der Waals surface area contributed by atoms with Gasteiger partial charge in [-0.15, -0.1) is 12.3 Å². The third kappa shape index (κ3) is 4.17. The van der Waals surface area contributed by atoms with Crippen LogP contribution >= 0.6 is 0 Å². The van der Waals surface area contributed by atoms with E-state index in [0.717, 1.165) is 31.6 Å². The minimum atomic E-state index is 0.865. The third-order valence-electron chi connectivity index (χ3n) is 1.72. The Kier molecular flexibility index (Phi) is 4.48. The number of pyridine rings is 1. The molecule has 1 aromatic heterocycles. The molecular weight excluding hydrogens is 160 g/mol. The van der Waals surface area contributed by atoms with E-state index in [1.54, 1.807) is 6.20 Å². The Hall–Kier alpha value is -1.49. The van der Waals surface area contributed by atoms with Crippen molar-refractivity contribution < 1.29 is 0 Å². The maximum absolute atomic E-state index is 5.14. The second kappa shape index (κ2) is 6.07. The molecule has 1 N–H and O–H groups in total. The fourth-order valence-corrected chi connectivity index (χ4v) is 1.04. The molecule has 0 fully saturated rings. The summed E-state index contributed by atoms with van der Waals surface area (Å²) in [6.07, 6.45) is 9.96. The number of rotatable bonds is 5. The SMILES string of the molecule is C#CCCCCNc1ccccn1. The third-order valence-corrected chi connectivity index (χ3v) is 1.72. The number of unbranched alkanes of at least 4 members (excludes halogenated alkanes) is 2. The normalized spacial score (nSPS) is 9.15. The van der Waals surface area contributed by atoms with Crippen LogP contribution in [0.5, 0.6) is 0 Å². The van der Waals surface area contributed by atoms with Crippen molar-refractivity contribution in [2.45, 2.75) is 19.3 Å². The topological polar surface area (TPSA) is 24.9 Å². The summed E-state index contributed by atoms with van der Waals surface area (Å²) in [6.45, 7) is 0.943. The largest absolute Gasteiger partial charge is 0.370 e. The molecule has 1 heterocycles. The van der Waals surface area contributed by atoms with E-state index < -0.39 is 0 Å². The quantitative estimate of drug-likeness (QED) is 0.547. The van der Waals surface area contributed by atoms with E-state index >= 15 is 0 Å². The molecule has 2 heteroatoms. The predicted molar refractivity (Wildman–Crippen MR) is 55.4 cm³/mol. The number of nitrogens with zero attached hydrogens (tertiary/aromatic N) is 1. The van der Waals surface area contributed by atoms with Crippen LogP contribution in [0.1, 0.15) is 19.3 Å². The van der Waals surface area contributed by atoms with E-state index in [0.29, 0.717) is 0 Å². The summed E-state index contributed by atoms with van der Waals surface area (Å²) in [6, 6.07) is 5.83. The van der Waals surface area contributed by atoms with Gasteiger partial charge in [0.05, 0.1) is 0 Å². The summed E-state index contributed by atoms with van der Waals surface area (Å²) in [4.78, 5) is 4.15. The Labute approximate surface area is 79.4 Å². The fraction of sp³-hybridized carbons (Fsp3) is 0.364. The first-order valence-corrected chi connectivity index (χ1v) is 4.52. The summed E-state index contributed by atoms with van der Waals surface area (Å²) < 4.78 is 0. The minimum absolute atomic E-state index is 0.865. The van der Waals surface area contributed by atoms with Gasteiger partial charge in [0.15, 0.2) is 0 Å². The van der Waals surface area contributed by atoms with E-state index in [1.807, 2.05) is 18.2 Å². The summed E-state index contributed by atoms with van der Waals surface area (Å²) in [7, 11) is 0. The van der Waals surface area contributed by atoms with Gasteiger partial charge in [0, 0.05) is 19.2 Å². The molecule has 0 saturated carbocycles. The zero-order valence-corrected chi connectivity index (χ0v) is 7.66. The van der Waals surface area contributed by atoms with Crippen molar-refractivity contribution in [2.75, 3.05) is 11.9 Å². The van der Waals surface area contributed by atoms with Crippen LogP contribution in [0.15, 0.2) is 24.4 Å². The predicted octanol–water partition coefficient (Wildman–Crippen LogP) is 2.30. The molecule has 13 heavy (non-hydrogen) atoms. The standard InChI is InChI=1S/C11H14N2/c1-2-3-4-6-9-12-11-8-5-7-10-13-11/h1,5,7-8,10H,3-4,6,9H2,(H,12,13). The van der Waals surface area contributed by atoms with Crippen LogP contribution in [-0.4, -0.2) is 11.5 Å². The lowest BCUT2D eigenvalue weighted by molar-refractivity contribution is 0.787. The Morgan fingerprint density at radius 3 is 3.00 bits per heavy atom. The van der Waals surface area contributed by atoms with Crippen LogP contribution in [0.4, 0.5) is 5.82 Å². The first kappa shape index (κ1) is 9.60. The van der Waals surface area contributed by atoms with Gasteiger partial charge in [-0.1, -0.05) is 6.07 Å². The highest BCUT2D eigenvalue weighted by Crippen LogP contribution is 2.00. The van der Waals surface area contributed by atoms with Gasteiger partial charge in [-0.2, -0.15) is 0 Å². The van der Waals surface area contributed by atoms with Crippen molar-refractivity contribution in [1.82, 2.24) is 4.98 Å². The zero-order chi connectivity index (χ0) is 9.36. The molecule has 0 aromatic carbocycles. The zero-order valence-electron chi connectivity index (χ0n) is 7.66. The number of anilines is 1. The van der Waals surface area contributed by atoms with Crippen LogP contribution in [0, 0.1) is 12.3 Å². The first-order chi connectivity index (χ1) is 6.43. The molecule has 0 unspecified atom stereocenters. The van der Waals surface area contributed by atoms with E-state index in [1.165, 1.54) is 0 Å². The van der Waals surface area contributed by atoms with Crippen molar-refractivity contribution in [3.05, 3.63) is 24.4 Å². The van der Waals surface area contributed by atoms with Crippen LogP contribution in [0.3, 0.4) is 0 Å². The molecule has 0 atom stereocenters. The highest BCUT2D eigenvalue weighted by atomic mass is 15.0. The van der Waals surface area contributed by atoms with Gasteiger partial charge in [0.25, 0.3) is 0 Å². The lowest BCUT2D eigenvalue weighted by atomic mass is 10.2. The molecule has 0 bridgehead atoms. The van der Waals surface area contributed by atoms with Crippen molar-refractivity contribution >= 4 is 5.82 Å². The molecule has 0 aliphatic carbocycles. The number of hydrogen-bond donors (Lipinski definition) is 1. The van der Waals surface area contributed by atoms with Crippen LogP contribution in [0.2, 0.25) is 0 Å². The van der Waals surface area contributed by atoms with Gasteiger partial charge < -0.3 is 5.32 Å². The summed E-state index contributed by atoms with van der Waals surface area (Å²) >= 11 is 0. The fourth-order valence-electron chi connectivity index (χ4n) is 1.04. The van der Waals surface area contributed by atoms with E-state index in [9.17, 15) is 0 Å². The van der Waals surface area contributed by atoms with Crippen molar-refractivity contribution in [1.29, 1.82) is 0 Å². The number of terminal acetylenes is 1. The highest BCUT2D eigenvalue weighted by molar-refractivity contribution is 5.32. The van der Waals surface area contributed by atoms with Gasteiger partial charge >= 0.3 is 0 Å². The Bertz CT molecular complexity index is 261. The molecule has 2 nitrogen and oxygen atoms in total. The molecule has 0 amide bonds. The number of nitrogens with one attached hydrogen (secondary N) is 1. The minimum Gasteiger partial charge on any atom is -0.370 e. The second-order valence-electron chi connectivity index (χ2n) is 2.80. The molecule has 1 aromatic rings. The summed E-state index contributed by atoms with van der Waals surface area (Å²) in [5.74, 6) is 3.56. The van der Waals surface area contributed by atoms with E-state index in [4.69, 9.17) is 6.42 Å². The van der Waals surface area contributed by atoms with Crippen LogP contribution in [0.25, 0.3) is 0 Å². The molecule has 68 valence electrons. The lowest BCUT2D eigenvalue weighted by Crippen LogP contribution is -2.02. The van der Waals surface area contributed by atoms with Gasteiger partial charge in [-0.25, -0.2) is 4.98 Å². The summed E-state index contributed by atoms with van der Waals surface area (Å²) in [5.41, 5.74) is 0. The Morgan fingerprint density at radius 1 is 1.38 bits per heavy atom. The maximum Gasteiger partial charge on any atom is 0.125 e. The van der Waals surface area contributed by atoms with Gasteiger partial charge in [0.2, 0.25) is 0 Å². The van der Waals surface area contributed by atoms with Gasteiger partial charge in [-0.05, 0) is 25.0 Å². The van der Waals surface area contributed by atoms with Gasteiger partial charge in [0.1, 0.15) is 5.82 Å². The average Bonchev–Trinajstić information content (AvgIpc) is 2.19. The monoisotopic (exact) mass is 174 g/mol. The molecule has 0 aliphatic heterocycles. The maximum atomic E-state index is 5.14. The van der Waals surface area contributed by atoms with E-state index in [-0.39, 0.29) is 0 Å². The van der Waals surface area contributed by atoms with Crippen molar-refractivity contribution in [3.63, 3.8) is 0 Å². The van der Waals surface area contributed by atoms with E-state index in [2.05, 4.69) is 16.2 Å². The Morgan fingerprint density at radius 2 is 2.31 bits per heavy atom. The molecule has 0 aliphatic rings. The smallest absolute Gasteiger partial charge is 0.125 e.